The van der Waals surface area contributed by atoms with E-state index in [4.69, 9.17) is 4.74 Å². The number of aryl methyl sites for hydroxylation is 1. The SMILES string of the molecule is Cc1cc(N2CCCC2=O)ccc1-c1ccc(C(=O)N2CCc3cc4c(cc32)C2(CO4)CC3CCC(C2)[N+]3(C)C)cc1. The Morgan fingerprint density at radius 1 is 0.952 bits per heavy atom. The van der Waals surface area contributed by atoms with Crippen molar-refractivity contribution in [3.05, 3.63) is 76.9 Å². The van der Waals surface area contributed by atoms with Gasteiger partial charge in [-0.1, -0.05) is 18.2 Å². The molecule has 0 saturated carbocycles. The lowest BCUT2D eigenvalue weighted by molar-refractivity contribution is -0.932. The fourth-order valence-corrected chi connectivity index (χ4v) is 8.81. The van der Waals surface area contributed by atoms with Gasteiger partial charge in [0.1, 0.15) is 5.75 Å². The number of hydrogen-bond donors (Lipinski definition) is 0. The number of carbonyl (C=O) groups is 2. The summed E-state index contributed by atoms with van der Waals surface area (Å²) in [5.74, 6) is 1.32. The summed E-state index contributed by atoms with van der Waals surface area (Å²) in [5.41, 5.74) is 8.73. The number of piperidine rings is 1. The van der Waals surface area contributed by atoms with E-state index < -0.39 is 0 Å². The number of fused-ring (bicyclic) bond motifs is 5. The molecule has 6 heteroatoms. The summed E-state index contributed by atoms with van der Waals surface area (Å²) in [6.07, 6.45) is 7.38. The number of carbonyl (C=O) groups excluding carboxylic acids is 2. The summed E-state index contributed by atoms with van der Waals surface area (Å²) < 4.78 is 7.51. The number of ether oxygens (including phenoxy) is 1. The Balaban J connectivity index is 1.05. The molecule has 5 heterocycles. The minimum Gasteiger partial charge on any atom is -0.492 e. The third-order valence-electron chi connectivity index (χ3n) is 11.4. The average Bonchev–Trinajstić information content (AvgIpc) is 3.71. The molecular formula is C36H40N3O3+. The number of anilines is 2. The Labute approximate surface area is 248 Å². The summed E-state index contributed by atoms with van der Waals surface area (Å²) >= 11 is 0. The van der Waals surface area contributed by atoms with Gasteiger partial charge in [0, 0.05) is 73.1 Å². The monoisotopic (exact) mass is 562 g/mol. The van der Waals surface area contributed by atoms with E-state index in [1.54, 1.807) is 0 Å². The van der Waals surface area contributed by atoms with Gasteiger partial charge in [-0.25, -0.2) is 0 Å². The van der Waals surface area contributed by atoms with E-state index in [9.17, 15) is 9.59 Å². The van der Waals surface area contributed by atoms with Gasteiger partial charge in [0.15, 0.2) is 0 Å². The molecule has 3 saturated heterocycles. The topological polar surface area (TPSA) is 49.9 Å². The van der Waals surface area contributed by atoms with Crippen LogP contribution in [0.5, 0.6) is 5.75 Å². The van der Waals surface area contributed by atoms with Crippen LogP contribution in [-0.4, -0.2) is 62.2 Å². The van der Waals surface area contributed by atoms with Crippen molar-refractivity contribution in [2.24, 2.45) is 0 Å². The van der Waals surface area contributed by atoms with Gasteiger partial charge < -0.3 is 19.0 Å². The predicted octanol–water partition coefficient (Wildman–Crippen LogP) is 6.02. The average molecular weight is 563 g/mol. The van der Waals surface area contributed by atoms with E-state index in [2.05, 4.69) is 57.4 Å². The van der Waals surface area contributed by atoms with Crippen molar-refractivity contribution in [2.75, 3.05) is 43.6 Å². The van der Waals surface area contributed by atoms with Gasteiger partial charge in [-0.3, -0.25) is 9.59 Å². The first-order valence-corrected chi connectivity index (χ1v) is 15.7. The van der Waals surface area contributed by atoms with E-state index in [1.807, 2.05) is 28.0 Å². The van der Waals surface area contributed by atoms with Crippen LogP contribution in [0.25, 0.3) is 11.1 Å². The van der Waals surface area contributed by atoms with Gasteiger partial charge in [-0.15, -0.1) is 0 Å². The van der Waals surface area contributed by atoms with Crippen LogP contribution in [0, 0.1) is 6.92 Å². The second kappa shape index (κ2) is 9.18. The highest BCUT2D eigenvalue weighted by atomic mass is 16.5. The van der Waals surface area contributed by atoms with Gasteiger partial charge in [0.05, 0.1) is 32.8 Å². The molecule has 3 aromatic rings. The highest BCUT2D eigenvalue weighted by Gasteiger charge is 2.58. The Kier molecular flexibility index (Phi) is 5.69. The van der Waals surface area contributed by atoms with Gasteiger partial charge in [-0.05, 0) is 78.4 Å². The fraction of sp³-hybridized carbons (Fsp3) is 0.444. The van der Waals surface area contributed by atoms with Crippen LogP contribution in [-0.2, 0) is 16.6 Å². The molecule has 1 spiro atoms. The first-order valence-electron chi connectivity index (χ1n) is 15.7. The Bertz CT molecular complexity index is 1610. The highest BCUT2D eigenvalue weighted by Crippen LogP contribution is 2.55. The number of hydrogen-bond acceptors (Lipinski definition) is 3. The molecule has 3 aromatic carbocycles. The highest BCUT2D eigenvalue weighted by molar-refractivity contribution is 6.07. The standard InChI is InChI=1S/C36H40N3O3/c1-23-17-27(37-15-4-5-34(37)40)10-13-30(23)24-6-8-25(9-7-24)35(41)38-16-14-26-18-33-31(19-32(26)38)36(22-42-33)20-28-11-12-29(21-36)39(28,2)3/h6-10,13,17-19,28-29H,4-5,11-12,14-16,20-22H2,1-3H3/q+1. The molecule has 0 radical (unpaired) electrons. The lowest BCUT2D eigenvalue weighted by Gasteiger charge is -2.48. The molecule has 5 aliphatic heterocycles. The maximum Gasteiger partial charge on any atom is 0.258 e. The first kappa shape index (κ1) is 26.0. The molecule has 42 heavy (non-hydrogen) atoms. The van der Waals surface area contributed by atoms with E-state index in [-0.39, 0.29) is 17.2 Å². The normalized spacial score (nSPS) is 27.0. The molecule has 216 valence electrons. The van der Waals surface area contributed by atoms with Crippen LogP contribution in [0.4, 0.5) is 11.4 Å². The van der Waals surface area contributed by atoms with E-state index in [0.717, 1.165) is 64.3 Å². The molecule has 5 aliphatic rings. The summed E-state index contributed by atoms with van der Waals surface area (Å²) in [7, 11) is 4.82. The number of nitrogens with zero attached hydrogens (tertiary/aromatic N) is 3. The zero-order chi connectivity index (χ0) is 28.8. The molecule has 2 atom stereocenters. The van der Waals surface area contributed by atoms with Gasteiger partial charge >= 0.3 is 0 Å². The van der Waals surface area contributed by atoms with Crippen molar-refractivity contribution >= 4 is 23.2 Å². The molecule has 2 unspecified atom stereocenters. The molecule has 2 bridgehead atoms. The predicted molar refractivity (Wildman–Crippen MR) is 165 cm³/mol. The van der Waals surface area contributed by atoms with Crippen LogP contribution in [0.3, 0.4) is 0 Å². The van der Waals surface area contributed by atoms with Crippen molar-refractivity contribution in [1.29, 1.82) is 0 Å². The van der Waals surface area contributed by atoms with Gasteiger partial charge in [0.2, 0.25) is 5.91 Å². The zero-order valence-electron chi connectivity index (χ0n) is 25.0. The molecule has 0 N–H and O–H groups in total. The Morgan fingerprint density at radius 3 is 2.40 bits per heavy atom. The van der Waals surface area contributed by atoms with Crippen molar-refractivity contribution in [3.8, 4) is 16.9 Å². The smallest absolute Gasteiger partial charge is 0.258 e. The molecule has 8 rings (SSSR count). The first-order chi connectivity index (χ1) is 20.2. The quantitative estimate of drug-likeness (QED) is 0.367. The third kappa shape index (κ3) is 3.80. The summed E-state index contributed by atoms with van der Waals surface area (Å²) in [4.78, 5) is 29.9. The zero-order valence-corrected chi connectivity index (χ0v) is 25.0. The van der Waals surface area contributed by atoms with Crippen LogP contribution in [0.15, 0.2) is 54.6 Å². The maximum atomic E-state index is 13.9. The molecule has 0 aromatic heterocycles. The van der Waals surface area contributed by atoms with Crippen molar-refractivity contribution in [1.82, 2.24) is 0 Å². The van der Waals surface area contributed by atoms with Gasteiger partial charge in [0.25, 0.3) is 5.91 Å². The van der Waals surface area contributed by atoms with Crippen molar-refractivity contribution < 1.29 is 18.8 Å². The molecule has 0 aliphatic carbocycles. The lowest BCUT2D eigenvalue weighted by atomic mass is 9.70. The second-order valence-electron chi connectivity index (χ2n) is 13.9. The maximum absolute atomic E-state index is 13.9. The fourth-order valence-electron chi connectivity index (χ4n) is 8.81. The largest absolute Gasteiger partial charge is 0.492 e. The Morgan fingerprint density at radius 2 is 1.71 bits per heavy atom. The van der Waals surface area contributed by atoms with E-state index in [0.29, 0.717) is 30.6 Å². The van der Waals surface area contributed by atoms with Crippen LogP contribution < -0.4 is 14.5 Å². The third-order valence-corrected chi connectivity index (χ3v) is 11.4. The van der Waals surface area contributed by atoms with Gasteiger partial charge in [-0.2, -0.15) is 0 Å². The lowest BCUT2D eigenvalue weighted by Crippen LogP contribution is -2.58. The number of quaternary nitrogens is 1. The summed E-state index contributed by atoms with van der Waals surface area (Å²) in [6, 6.07) is 20.2. The minimum absolute atomic E-state index is 0.0642. The molecular weight excluding hydrogens is 522 g/mol. The minimum atomic E-state index is 0.0642. The van der Waals surface area contributed by atoms with Crippen LogP contribution in [0.1, 0.15) is 65.6 Å². The van der Waals surface area contributed by atoms with Crippen molar-refractivity contribution in [2.45, 2.75) is 69.4 Å². The second-order valence-corrected chi connectivity index (χ2v) is 13.9. The van der Waals surface area contributed by atoms with Crippen LogP contribution >= 0.6 is 0 Å². The summed E-state index contributed by atoms with van der Waals surface area (Å²) in [6.45, 7) is 4.37. The Hall–Kier alpha value is -3.64. The molecule has 2 amide bonds. The van der Waals surface area contributed by atoms with Crippen LogP contribution in [0.2, 0.25) is 0 Å². The van der Waals surface area contributed by atoms with E-state index in [1.165, 1.54) is 36.8 Å². The van der Waals surface area contributed by atoms with Crippen molar-refractivity contribution in [3.63, 3.8) is 0 Å². The van der Waals surface area contributed by atoms with E-state index >= 15 is 0 Å². The molecule has 6 nitrogen and oxygen atoms in total. The molecule has 3 fully saturated rings. The summed E-state index contributed by atoms with van der Waals surface area (Å²) in [5, 5.41) is 0. The number of amides is 2. The number of rotatable bonds is 3. The number of benzene rings is 3.